The van der Waals surface area contributed by atoms with E-state index >= 15 is 0 Å². The minimum absolute atomic E-state index is 0.283. The Morgan fingerprint density at radius 3 is 3.03 bits per heavy atom. The van der Waals surface area contributed by atoms with Crippen molar-refractivity contribution in [3.63, 3.8) is 0 Å². The highest BCUT2D eigenvalue weighted by atomic mass is 32.2. The van der Waals surface area contributed by atoms with E-state index in [9.17, 15) is 17.7 Å². The largest absolute Gasteiger partial charge is 0.598 e. The van der Waals surface area contributed by atoms with Crippen LogP contribution in [0.25, 0.3) is 17.3 Å². The third-order valence-corrected chi connectivity index (χ3v) is 5.33. The molecule has 1 aliphatic heterocycles. The second-order valence-electron chi connectivity index (χ2n) is 7.07. The predicted molar refractivity (Wildman–Crippen MR) is 112 cm³/mol. The molecule has 1 fully saturated rings. The van der Waals surface area contributed by atoms with Gasteiger partial charge in [-0.2, -0.15) is 4.39 Å². The van der Waals surface area contributed by atoms with Crippen LogP contribution in [0.4, 0.5) is 19.0 Å². The first kappa shape index (κ1) is 22.3. The zero-order valence-corrected chi connectivity index (χ0v) is 17.2. The van der Waals surface area contributed by atoms with Gasteiger partial charge in [0.1, 0.15) is 17.9 Å². The van der Waals surface area contributed by atoms with Crippen LogP contribution in [-0.4, -0.2) is 57.5 Å². The van der Waals surface area contributed by atoms with E-state index in [2.05, 4.69) is 19.7 Å². The number of halogens is 3. The number of pyridine rings is 1. The minimum Gasteiger partial charge on any atom is -0.598 e. The number of alkyl halides is 2. The maximum Gasteiger partial charge on any atom is 0.279 e. The number of allylic oxidation sites excluding steroid dienone is 1. The molecule has 3 N–H and O–H groups in total. The van der Waals surface area contributed by atoms with E-state index in [0.717, 1.165) is 25.5 Å². The number of aromatic amines is 1. The molecule has 0 aliphatic carbocycles. The topological polar surface area (TPSA) is 104 Å². The Kier molecular flexibility index (Phi) is 7.51. The Morgan fingerprint density at radius 1 is 1.50 bits per heavy atom. The molecule has 3 rings (SSSR count). The first-order valence-corrected chi connectivity index (χ1v) is 11.0. The van der Waals surface area contributed by atoms with Crippen LogP contribution in [0.1, 0.15) is 18.7 Å². The highest BCUT2D eigenvalue weighted by molar-refractivity contribution is 7.88. The van der Waals surface area contributed by atoms with E-state index < -0.39 is 29.4 Å². The van der Waals surface area contributed by atoms with Crippen LogP contribution in [0, 0.1) is 17.3 Å². The van der Waals surface area contributed by atoms with Crippen molar-refractivity contribution in [2.75, 3.05) is 30.8 Å². The average molecular weight is 440 g/mol. The quantitative estimate of drug-likeness (QED) is 0.333. The number of nitrogens with one attached hydrogen (secondary N) is 3. The summed E-state index contributed by atoms with van der Waals surface area (Å²) in [5.74, 6) is 0.429. The van der Waals surface area contributed by atoms with Crippen molar-refractivity contribution in [3.8, 4) is 11.3 Å². The van der Waals surface area contributed by atoms with Gasteiger partial charge in [-0.15, -0.1) is 4.72 Å². The fraction of sp³-hybridized carbons (Fsp3) is 0.421. The number of hydrogen-bond donors (Lipinski definition) is 3. The summed E-state index contributed by atoms with van der Waals surface area (Å²) < 4.78 is 53.2. The van der Waals surface area contributed by atoms with Gasteiger partial charge < -0.3 is 14.4 Å². The van der Waals surface area contributed by atoms with Gasteiger partial charge in [0.2, 0.25) is 5.95 Å². The predicted octanol–water partition coefficient (Wildman–Crippen LogP) is 3.01. The number of anilines is 1. The summed E-state index contributed by atoms with van der Waals surface area (Å²) in [6, 6.07) is 3.02. The van der Waals surface area contributed by atoms with E-state index in [-0.39, 0.29) is 11.7 Å². The monoisotopic (exact) mass is 440 g/mol. The van der Waals surface area contributed by atoms with Crippen molar-refractivity contribution >= 4 is 29.0 Å². The van der Waals surface area contributed by atoms with E-state index in [1.54, 1.807) is 12.3 Å². The van der Waals surface area contributed by atoms with Gasteiger partial charge in [0.05, 0.1) is 17.6 Å². The highest BCUT2D eigenvalue weighted by Crippen LogP contribution is 2.26. The third kappa shape index (κ3) is 6.07. The molecule has 0 spiro atoms. The number of piperidine rings is 1. The zero-order chi connectivity index (χ0) is 21.7. The summed E-state index contributed by atoms with van der Waals surface area (Å²) in [6.45, 7) is 2.03. The minimum atomic E-state index is -2.85. The van der Waals surface area contributed by atoms with E-state index in [4.69, 9.17) is 5.41 Å². The van der Waals surface area contributed by atoms with Gasteiger partial charge >= 0.3 is 0 Å². The van der Waals surface area contributed by atoms with Crippen molar-refractivity contribution in [3.05, 3.63) is 36.2 Å². The van der Waals surface area contributed by atoms with Crippen LogP contribution in [0.2, 0.25) is 0 Å². The van der Waals surface area contributed by atoms with Crippen molar-refractivity contribution in [1.82, 2.24) is 19.7 Å². The number of hydrogen-bond acceptors (Lipinski definition) is 6. The lowest BCUT2D eigenvalue weighted by Crippen LogP contribution is -2.41. The van der Waals surface area contributed by atoms with Crippen LogP contribution in [-0.2, 0) is 11.4 Å². The normalized spacial score (nSPS) is 18.3. The Labute approximate surface area is 175 Å². The maximum atomic E-state index is 14.2. The number of aromatic nitrogens is 3. The van der Waals surface area contributed by atoms with Gasteiger partial charge in [-0.25, -0.2) is 18.7 Å². The van der Waals surface area contributed by atoms with Crippen LogP contribution in [0.3, 0.4) is 0 Å². The molecule has 2 aromatic heterocycles. The smallest absolute Gasteiger partial charge is 0.279 e. The summed E-state index contributed by atoms with van der Waals surface area (Å²) in [6.07, 6.45) is 4.37. The lowest BCUT2D eigenvalue weighted by molar-refractivity contribution is 0.226. The molecule has 2 aromatic rings. The summed E-state index contributed by atoms with van der Waals surface area (Å²) in [5.41, 5.74) is 0.229. The highest BCUT2D eigenvalue weighted by Gasteiger charge is 2.23. The Hall–Kier alpha value is -2.37. The van der Waals surface area contributed by atoms with Crippen molar-refractivity contribution in [2.24, 2.45) is 5.92 Å². The molecule has 2 atom stereocenters. The molecular weight excluding hydrogens is 417 g/mol. The number of rotatable bonds is 8. The SMILES string of the molecule is C[S+]([O-])NCC1CCCN(c2cc(-c3cnc(/C=C\C(=N)C(F)F)[nH]3)cc(F)n2)C1. The van der Waals surface area contributed by atoms with Gasteiger partial charge in [0, 0.05) is 42.6 Å². The van der Waals surface area contributed by atoms with E-state index in [1.165, 1.54) is 18.3 Å². The molecule has 1 aliphatic rings. The number of nitrogens with zero attached hydrogens (tertiary/aromatic N) is 3. The van der Waals surface area contributed by atoms with E-state index in [1.807, 2.05) is 4.90 Å². The molecule has 0 saturated carbocycles. The Balaban J connectivity index is 1.75. The first-order valence-electron chi connectivity index (χ1n) is 9.41. The molecule has 0 aromatic carbocycles. The Bertz CT molecular complexity index is 904. The third-order valence-electron chi connectivity index (χ3n) is 4.76. The average Bonchev–Trinajstić information content (AvgIpc) is 3.19. The summed E-state index contributed by atoms with van der Waals surface area (Å²) in [5, 5.41) is 7.14. The van der Waals surface area contributed by atoms with Crippen LogP contribution >= 0.6 is 0 Å². The van der Waals surface area contributed by atoms with Crippen LogP contribution in [0.15, 0.2) is 24.4 Å². The van der Waals surface area contributed by atoms with Crippen molar-refractivity contribution < 1.29 is 17.7 Å². The fourth-order valence-corrected chi connectivity index (χ4v) is 3.76. The van der Waals surface area contributed by atoms with Gasteiger partial charge in [0.15, 0.2) is 0 Å². The lowest BCUT2D eigenvalue weighted by atomic mass is 9.98. The lowest BCUT2D eigenvalue weighted by Gasteiger charge is -2.33. The van der Waals surface area contributed by atoms with Crippen molar-refractivity contribution in [2.45, 2.75) is 19.3 Å². The van der Waals surface area contributed by atoms with Crippen LogP contribution < -0.4 is 9.62 Å². The van der Waals surface area contributed by atoms with Crippen molar-refractivity contribution in [1.29, 1.82) is 5.41 Å². The summed E-state index contributed by atoms with van der Waals surface area (Å²) in [7, 11) is 0. The van der Waals surface area contributed by atoms with Gasteiger partial charge in [-0.3, -0.25) is 5.41 Å². The number of imidazole rings is 1. The molecule has 3 heterocycles. The summed E-state index contributed by atoms with van der Waals surface area (Å²) >= 11 is -1.08. The van der Waals surface area contributed by atoms with Gasteiger partial charge in [-0.05, 0) is 37.0 Å². The molecule has 7 nitrogen and oxygen atoms in total. The molecule has 0 amide bonds. The van der Waals surface area contributed by atoms with E-state index in [0.29, 0.717) is 30.2 Å². The zero-order valence-electron chi connectivity index (χ0n) is 16.4. The fourth-order valence-electron chi connectivity index (χ4n) is 3.28. The molecule has 1 saturated heterocycles. The number of H-pyrrole nitrogens is 1. The first-order chi connectivity index (χ1) is 14.3. The van der Waals surface area contributed by atoms with Gasteiger partial charge in [0.25, 0.3) is 6.43 Å². The molecule has 0 bridgehead atoms. The second kappa shape index (κ2) is 10.1. The molecule has 0 radical (unpaired) electrons. The standard InChI is InChI=1S/C19H23F3N6OS/c1-30(29)25-9-12-3-2-6-28(11-12)18-8-13(7-16(20)27-18)15-10-24-17(26-15)5-4-14(23)19(21)22/h4-5,7-8,10,12,19,23,25H,2-3,6,9,11H2,1H3,(H,24,26)/b5-4-,23-14?. The maximum absolute atomic E-state index is 14.2. The molecule has 2 unspecified atom stereocenters. The Morgan fingerprint density at radius 2 is 2.30 bits per heavy atom. The van der Waals surface area contributed by atoms with Crippen LogP contribution in [0.5, 0.6) is 0 Å². The van der Waals surface area contributed by atoms with Gasteiger partial charge in [-0.1, -0.05) is 0 Å². The summed E-state index contributed by atoms with van der Waals surface area (Å²) in [4.78, 5) is 13.0. The molecule has 11 heteroatoms. The molecule has 162 valence electrons. The second-order valence-corrected chi connectivity index (χ2v) is 8.26. The molecular formula is C19H23F3N6OS. The molecule has 30 heavy (non-hydrogen) atoms.